The van der Waals surface area contributed by atoms with E-state index < -0.39 is 10.2 Å². The molecule has 0 aliphatic carbocycles. The van der Waals surface area contributed by atoms with Crippen molar-refractivity contribution in [2.75, 3.05) is 30.9 Å². The number of anilines is 1. The molecular formula is C14H17N3O3S. The van der Waals surface area contributed by atoms with E-state index in [-0.39, 0.29) is 5.75 Å². The number of rotatable bonds is 3. The molecule has 2 aromatic carbocycles. The van der Waals surface area contributed by atoms with Crippen molar-refractivity contribution >= 4 is 26.7 Å². The van der Waals surface area contributed by atoms with Gasteiger partial charge in [-0.15, -0.1) is 0 Å². The minimum Gasteiger partial charge on any atom is -0.507 e. The molecule has 0 atom stereocenters. The Morgan fingerprint density at radius 2 is 1.71 bits per heavy atom. The van der Waals surface area contributed by atoms with Crippen LogP contribution in [0.1, 0.15) is 0 Å². The van der Waals surface area contributed by atoms with Gasteiger partial charge >= 0.3 is 10.2 Å². The van der Waals surface area contributed by atoms with Crippen LogP contribution in [0.15, 0.2) is 36.4 Å². The number of phenols is 1. The normalized spacial score (nSPS) is 17.0. The lowest BCUT2D eigenvalue weighted by atomic mass is 10.1. The molecule has 1 aliphatic heterocycles. The van der Waals surface area contributed by atoms with E-state index in [4.69, 9.17) is 0 Å². The van der Waals surface area contributed by atoms with E-state index in [1.54, 1.807) is 36.4 Å². The number of benzene rings is 2. The fraction of sp³-hybridized carbons (Fsp3) is 0.286. The summed E-state index contributed by atoms with van der Waals surface area (Å²) in [6.07, 6.45) is 0. The number of fused-ring (bicyclic) bond motifs is 1. The Morgan fingerprint density at radius 1 is 1.05 bits per heavy atom. The zero-order valence-corrected chi connectivity index (χ0v) is 12.2. The molecule has 7 heteroatoms. The minimum absolute atomic E-state index is 0.135. The molecule has 2 aromatic rings. The van der Waals surface area contributed by atoms with Gasteiger partial charge in [0, 0.05) is 37.0 Å². The maximum absolute atomic E-state index is 12.4. The van der Waals surface area contributed by atoms with Crippen LogP contribution in [-0.2, 0) is 10.2 Å². The van der Waals surface area contributed by atoms with Gasteiger partial charge in [0.15, 0.2) is 0 Å². The fourth-order valence-electron chi connectivity index (χ4n) is 2.47. The van der Waals surface area contributed by atoms with Crippen molar-refractivity contribution in [3.8, 4) is 5.75 Å². The highest BCUT2D eigenvalue weighted by molar-refractivity contribution is 7.90. The summed E-state index contributed by atoms with van der Waals surface area (Å²) in [7, 11) is -3.58. The molecule has 6 nitrogen and oxygen atoms in total. The summed E-state index contributed by atoms with van der Waals surface area (Å²) in [5.74, 6) is 0.135. The third-order valence-corrected chi connectivity index (χ3v) is 5.08. The van der Waals surface area contributed by atoms with Gasteiger partial charge in [0.2, 0.25) is 0 Å². The van der Waals surface area contributed by atoms with Crippen molar-refractivity contribution in [1.82, 2.24) is 9.62 Å². The zero-order valence-electron chi connectivity index (χ0n) is 11.4. The first-order chi connectivity index (χ1) is 10.1. The SMILES string of the molecule is O=S(=O)(Nc1cccc2c(O)cccc12)N1CCNCC1. The number of nitrogens with zero attached hydrogens (tertiary/aromatic N) is 1. The molecule has 1 saturated heterocycles. The predicted molar refractivity (Wildman–Crippen MR) is 82.6 cm³/mol. The number of aromatic hydroxyl groups is 1. The van der Waals surface area contributed by atoms with Crippen LogP contribution in [-0.4, -0.2) is 44.0 Å². The second-order valence-electron chi connectivity index (χ2n) is 4.93. The summed E-state index contributed by atoms with van der Waals surface area (Å²) in [5, 5.41) is 14.3. The number of phenolic OH excluding ortho intramolecular Hbond substituents is 1. The van der Waals surface area contributed by atoms with E-state index in [1.165, 1.54) is 4.31 Å². The van der Waals surface area contributed by atoms with Gasteiger partial charge in [-0.1, -0.05) is 24.3 Å². The first kappa shape index (κ1) is 14.1. The van der Waals surface area contributed by atoms with Gasteiger partial charge in [-0.25, -0.2) is 0 Å². The smallest absolute Gasteiger partial charge is 0.301 e. The summed E-state index contributed by atoms with van der Waals surface area (Å²) >= 11 is 0. The largest absolute Gasteiger partial charge is 0.507 e. The van der Waals surface area contributed by atoms with Gasteiger partial charge in [0.1, 0.15) is 5.75 Å². The Balaban J connectivity index is 1.96. The summed E-state index contributed by atoms with van der Waals surface area (Å²) in [4.78, 5) is 0. The number of nitrogens with one attached hydrogen (secondary N) is 2. The minimum atomic E-state index is -3.58. The van der Waals surface area contributed by atoms with Crippen LogP contribution in [0.2, 0.25) is 0 Å². The number of piperazine rings is 1. The first-order valence-electron chi connectivity index (χ1n) is 6.77. The monoisotopic (exact) mass is 307 g/mol. The van der Waals surface area contributed by atoms with E-state index in [1.807, 2.05) is 0 Å². The van der Waals surface area contributed by atoms with Gasteiger partial charge in [0.25, 0.3) is 0 Å². The molecule has 0 unspecified atom stereocenters. The van der Waals surface area contributed by atoms with Gasteiger partial charge in [-0.05, 0) is 12.1 Å². The maximum atomic E-state index is 12.4. The topological polar surface area (TPSA) is 81.7 Å². The quantitative estimate of drug-likeness (QED) is 0.793. The molecule has 21 heavy (non-hydrogen) atoms. The molecule has 1 aliphatic rings. The summed E-state index contributed by atoms with van der Waals surface area (Å²) < 4.78 is 28.9. The Labute approximate surface area is 123 Å². The standard InChI is InChI=1S/C14H17N3O3S/c18-14-6-2-3-11-12(14)4-1-5-13(11)16-21(19,20)17-9-7-15-8-10-17/h1-6,15-16,18H,7-10H2. The van der Waals surface area contributed by atoms with E-state index in [2.05, 4.69) is 10.0 Å². The van der Waals surface area contributed by atoms with Crippen molar-refractivity contribution in [2.45, 2.75) is 0 Å². The van der Waals surface area contributed by atoms with Gasteiger partial charge < -0.3 is 10.4 Å². The number of hydrogen-bond donors (Lipinski definition) is 3. The van der Waals surface area contributed by atoms with Crippen LogP contribution in [0.4, 0.5) is 5.69 Å². The maximum Gasteiger partial charge on any atom is 0.301 e. The lowest BCUT2D eigenvalue weighted by molar-refractivity contribution is 0.362. The van der Waals surface area contributed by atoms with E-state index >= 15 is 0 Å². The highest BCUT2D eigenvalue weighted by Crippen LogP contribution is 2.30. The van der Waals surface area contributed by atoms with Crippen molar-refractivity contribution in [1.29, 1.82) is 0 Å². The Bertz CT molecular complexity index is 755. The van der Waals surface area contributed by atoms with Gasteiger partial charge in [-0.3, -0.25) is 4.72 Å². The predicted octanol–water partition coefficient (Wildman–Crippen LogP) is 1.11. The zero-order chi connectivity index (χ0) is 14.9. The van der Waals surface area contributed by atoms with Crippen molar-refractivity contribution in [3.63, 3.8) is 0 Å². The molecule has 1 fully saturated rings. The van der Waals surface area contributed by atoms with Crippen LogP contribution >= 0.6 is 0 Å². The lowest BCUT2D eigenvalue weighted by Crippen LogP contribution is -2.48. The molecule has 112 valence electrons. The molecule has 0 spiro atoms. The first-order valence-corrected chi connectivity index (χ1v) is 8.21. The summed E-state index contributed by atoms with van der Waals surface area (Å²) in [6, 6.07) is 10.2. The Morgan fingerprint density at radius 3 is 2.48 bits per heavy atom. The van der Waals surface area contributed by atoms with Crippen molar-refractivity contribution in [2.24, 2.45) is 0 Å². The van der Waals surface area contributed by atoms with Gasteiger partial charge in [0.05, 0.1) is 5.69 Å². The van der Waals surface area contributed by atoms with Crippen LogP contribution in [0.25, 0.3) is 10.8 Å². The molecule has 0 saturated carbocycles. The second kappa shape index (κ2) is 5.51. The molecule has 1 heterocycles. The van der Waals surface area contributed by atoms with Gasteiger partial charge in [-0.2, -0.15) is 12.7 Å². The van der Waals surface area contributed by atoms with E-state index in [9.17, 15) is 13.5 Å². The average Bonchev–Trinajstić information content (AvgIpc) is 2.49. The summed E-state index contributed by atoms with van der Waals surface area (Å²) in [5.41, 5.74) is 0.474. The third-order valence-electron chi connectivity index (χ3n) is 3.55. The highest BCUT2D eigenvalue weighted by atomic mass is 32.2. The van der Waals surface area contributed by atoms with Crippen LogP contribution in [0, 0.1) is 0 Å². The fourth-order valence-corrected chi connectivity index (χ4v) is 3.72. The Kier molecular flexibility index (Phi) is 3.71. The van der Waals surface area contributed by atoms with E-state index in [0.717, 1.165) is 0 Å². The molecule has 0 amide bonds. The molecule has 0 bridgehead atoms. The number of hydrogen-bond acceptors (Lipinski definition) is 4. The van der Waals surface area contributed by atoms with Crippen molar-refractivity contribution in [3.05, 3.63) is 36.4 Å². The average molecular weight is 307 g/mol. The molecule has 0 radical (unpaired) electrons. The highest BCUT2D eigenvalue weighted by Gasteiger charge is 2.24. The molecule has 3 rings (SSSR count). The molecular weight excluding hydrogens is 290 g/mol. The van der Waals surface area contributed by atoms with Crippen LogP contribution in [0.5, 0.6) is 5.75 Å². The van der Waals surface area contributed by atoms with Crippen LogP contribution in [0.3, 0.4) is 0 Å². The molecule has 0 aromatic heterocycles. The third kappa shape index (κ3) is 2.80. The Hall–Kier alpha value is -1.83. The summed E-state index contributed by atoms with van der Waals surface area (Å²) in [6.45, 7) is 2.20. The lowest BCUT2D eigenvalue weighted by Gasteiger charge is -2.27. The molecule has 3 N–H and O–H groups in total. The second-order valence-corrected chi connectivity index (χ2v) is 6.60. The van der Waals surface area contributed by atoms with E-state index in [0.29, 0.717) is 42.6 Å². The van der Waals surface area contributed by atoms with Crippen LogP contribution < -0.4 is 10.0 Å². The van der Waals surface area contributed by atoms with Crippen molar-refractivity contribution < 1.29 is 13.5 Å².